The number of rotatable bonds is 2. The fourth-order valence-corrected chi connectivity index (χ4v) is 2.57. The Balaban J connectivity index is 1.80. The smallest absolute Gasteiger partial charge is 0.248 e. The minimum absolute atomic E-state index is 0.114. The third-order valence-electron chi connectivity index (χ3n) is 3.32. The molecule has 0 radical (unpaired) electrons. The summed E-state index contributed by atoms with van der Waals surface area (Å²) in [4.78, 5) is 7.18. The van der Waals surface area contributed by atoms with E-state index < -0.39 is 0 Å². The van der Waals surface area contributed by atoms with Crippen LogP contribution in [0.4, 0.5) is 5.95 Å². The molecule has 8 heteroatoms. The number of H-pyrrole nitrogens is 1. The van der Waals surface area contributed by atoms with Crippen LogP contribution in [-0.2, 0) is 0 Å². The number of nitrogens with one attached hydrogen (secondary N) is 2. The van der Waals surface area contributed by atoms with Gasteiger partial charge >= 0.3 is 0 Å². The summed E-state index contributed by atoms with van der Waals surface area (Å²) in [5.74, 6) is 0.606. The highest BCUT2D eigenvalue weighted by atomic mass is 79.9. The van der Waals surface area contributed by atoms with Gasteiger partial charge in [0.1, 0.15) is 6.04 Å². The first-order chi connectivity index (χ1) is 10.3. The Hall–Kier alpha value is -2.48. The third-order valence-corrected chi connectivity index (χ3v) is 3.85. The van der Waals surface area contributed by atoms with Gasteiger partial charge in [0.2, 0.25) is 5.95 Å². The number of imidazole rings is 1. The average Bonchev–Trinajstić information content (AvgIpc) is 3.18. The standard InChI is InChI=1S/C13H10BrN7/c14-9-3-1-8(2-4-9)10-5-12(11-6-15-7-16-11)21-13(17-10)18-19-20-21/h1-7,12H,(H,15,16)(H,17,18,20). The first kappa shape index (κ1) is 12.3. The topological polar surface area (TPSA) is 84.3 Å². The summed E-state index contributed by atoms with van der Waals surface area (Å²) in [6, 6.07) is 7.96. The first-order valence-electron chi connectivity index (χ1n) is 6.32. The Morgan fingerprint density at radius 1 is 1.19 bits per heavy atom. The molecular formula is C13H10BrN7. The van der Waals surface area contributed by atoms with Crippen molar-refractivity contribution in [1.82, 2.24) is 30.2 Å². The fourth-order valence-electron chi connectivity index (χ4n) is 2.30. The summed E-state index contributed by atoms with van der Waals surface area (Å²) in [5, 5.41) is 15.0. The number of allylic oxidation sites excluding steroid dienone is 1. The predicted octanol–water partition coefficient (Wildman–Crippen LogP) is 2.21. The number of aromatic nitrogens is 6. The summed E-state index contributed by atoms with van der Waals surface area (Å²) in [7, 11) is 0. The lowest BCUT2D eigenvalue weighted by Gasteiger charge is -2.22. The van der Waals surface area contributed by atoms with E-state index in [9.17, 15) is 0 Å². The second-order valence-corrected chi connectivity index (χ2v) is 5.53. The van der Waals surface area contributed by atoms with Gasteiger partial charge < -0.3 is 10.3 Å². The normalized spacial score (nSPS) is 17.0. The molecule has 0 fully saturated rings. The van der Waals surface area contributed by atoms with Crippen LogP contribution in [0.1, 0.15) is 17.3 Å². The number of aromatic amines is 1. The molecule has 0 aliphatic carbocycles. The predicted molar refractivity (Wildman–Crippen MR) is 80.3 cm³/mol. The van der Waals surface area contributed by atoms with Crippen LogP contribution in [0.3, 0.4) is 0 Å². The summed E-state index contributed by atoms with van der Waals surface area (Å²) in [6.45, 7) is 0. The van der Waals surface area contributed by atoms with Gasteiger partial charge in [-0.15, -0.1) is 0 Å². The van der Waals surface area contributed by atoms with Crippen LogP contribution in [0.5, 0.6) is 0 Å². The van der Waals surface area contributed by atoms with E-state index >= 15 is 0 Å². The van der Waals surface area contributed by atoms with E-state index in [0.717, 1.165) is 21.4 Å². The minimum Gasteiger partial charge on any atom is -0.346 e. The quantitative estimate of drug-likeness (QED) is 0.745. The highest BCUT2D eigenvalue weighted by Gasteiger charge is 2.25. The molecule has 4 rings (SSSR count). The Kier molecular flexibility index (Phi) is 2.81. The largest absolute Gasteiger partial charge is 0.346 e. The molecule has 104 valence electrons. The Morgan fingerprint density at radius 3 is 2.81 bits per heavy atom. The zero-order chi connectivity index (χ0) is 14.2. The molecule has 1 unspecified atom stereocenters. The number of halogens is 1. The number of hydrogen-bond acceptors (Lipinski definition) is 5. The molecule has 3 heterocycles. The number of nitrogens with zero attached hydrogens (tertiary/aromatic N) is 5. The molecule has 0 spiro atoms. The van der Waals surface area contributed by atoms with Gasteiger partial charge in [-0.2, -0.15) is 4.68 Å². The van der Waals surface area contributed by atoms with Crippen molar-refractivity contribution in [2.24, 2.45) is 0 Å². The van der Waals surface area contributed by atoms with Crippen LogP contribution in [-0.4, -0.2) is 30.2 Å². The molecule has 7 nitrogen and oxygen atoms in total. The maximum Gasteiger partial charge on any atom is 0.248 e. The van der Waals surface area contributed by atoms with Gasteiger partial charge in [0, 0.05) is 10.2 Å². The first-order valence-corrected chi connectivity index (χ1v) is 7.11. The fraction of sp³-hybridized carbons (Fsp3) is 0.0769. The lowest BCUT2D eigenvalue weighted by atomic mass is 10.1. The molecule has 0 bridgehead atoms. The third kappa shape index (κ3) is 2.13. The molecule has 2 aromatic heterocycles. The molecule has 1 aliphatic heterocycles. The van der Waals surface area contributed by atoms with Gasteiger partial charge in [-0.25, -0.2) is 4.98 Å². The van der Waals surface area contributed by atoms with E-state index in [2.05, 4.69) is 52.8 Å². The average molecular weight is 344 g/mol. The lowest BCUT2D eigenvalue weighted by Crippen LogP contribution is -2.20. The maximum atomic E-state index is 4.07. The van der Waals surface area contributed by atoms with E-state index in [1.165, 1.54) is 0 Å². The van der Waals surface area contributed by atoms with Crippen LogP contribution in [0.25, 0.3) is 5.70 Å². The molecule has 21 heavy (non-hydrogen) atoms. The van der Waals surface area contributed by atoms with Crippen LogP contribution in [0, 0.1) is 0 Å². The van der Waals surface area contributed by atoms with Gasteiger partial charge in [0.25, 0.3) is 0 Å². The van der Waals surface area contributed by atoms with E-state index in [-0.39, 0.29) is 6.04 Å². The van der Waals surface area contributed by atoms with Crippen molar-refractivity contribution >= 4 is 27.6 Å². The Bertz CT molecular complexity index is 788. The van der Waals surface area contributed by atoms with Gasteiger partial charge in [-0.05, 0) is 34.2 Å². The van der Waals surface area contributed by atoms with E-state index in [0.29, 0.717) is 5.95 Å². The van der Waals surface area contributed by atoms with Crippen molar-refractivity contribution < 1.29 is 0 Å². The molecule has 1 atom stereocenters. The summed E-state index contributed by atoms with van der Waals surface area (Å²) < 4.78 is 2.76. The van der Waals surface area contributed by atoms with Gasteiger partial charge in [-0.3, -0.25) is 0 Å². The summed E-state index contributed by atoms with van der Waals surface area (Å²) >= 11 is 3.44. The number of tetrazole rings is 1. The van der Waals surface area contributed by atoms with Crippen molar-refractivity contribution in [3.63, 3.8) is 0 Å². The monoisotopic (exact) mass is 343 g/mol. The maximum absolute atomic E-state index is 4.07. The van der Waals surface area contributed by atoms with Crippen LogP contribution in [0.15, 0.2) is 47.3 Å². The van der Waals surface area contributed by atoms with Gasteiger partial charge in [0.15, 0.2) is 0 Å². The molecule has 0 saturated carbocycles. The van der Waals surface area contributed by atoms with E-state index in [1.807, 2.05) is 24.3 Å². The summed E-state index contributed by atoms with van der Waals surface area (Å²) in [6.07, 6.45) is 5.49. The number of hydrogen-bond donors (Lipinski definition) is 2. The molecule has 3 aromatic rings. The SMILES string of the molecule is Brc1ccc(C2=CC(c3cnc[nH]3)n3nnnc3N2)cc1. The van der Waals surface area contributed by atoms with Crippen LogP contribution >= 0.6 is 15.9 Å². The van der Waals surface area contributed by atoms with Gasteiger partial charge in [0.05, 0.1) is 18.2 Å². The highest BCUT2D eigenvalue weighted by Crippen LogP contribution is 2.30. The minimum atomic E-state index is -0.114. The van der Waals surface area contributed by atoms with E-state index in [1.54, 1.807) is 17.2 Å². The highest BCUT2D eigenvalue weighted by molar-refractivity contribution is 9.10. The van der Waals surface area contributed by atoms with Gasteiger partial charge in [-0.1, -0.05) is 33.2 Å². The number of anilines is 1. The van der Waals surface area contributed by atoms with Crippen molar-refractivity contribution in [3.05, 3.63) is 58.6 Å². The second-order valence-electron chi connectivity index (χ2n) is 4.61. The summed E-state index contributed by atoms with van der Waals surface area (Å²) in [5.41, 5.74) is 2.96. The Labute approximate surface area is 128 Å². The second kappa shape index (κ2) is 4.81. The van der Waals surface area contributed by atoms with Crippen LogP contribution < -0.4 is 5.32 Å². The molecule has 1 aromatic carbocycles. The molecule has 0 saturated heterocycles. The number of benzene rings is 1. The van der Waals surface area contributed by atoms with Crippen LogP contribution in [0.2, 0.25) is 0 Å². The molecule has 2 N–H and O–H groups in total. The van der Waals surface area contributed by atoms with Crippen molar-refractivity contribution in [2.45, 2.75) is 6.04 Å². The number of fused-ring (bicyclic) bond motifs is 1. The Morgan fingerprint density at radius 2 is 2.05 bits per heavy atom. The zero-order valence-corrected chi connectivity index (χ0v) is 12.3. The lowest BCUT2D eigenvalue weighted by molar-refractivity contribution is 0.576. The molecule has 1 aliphatic rings. The van der Waals surface area contributed by atoms with Crippen molar-refractivity contribution in [3.8, 4) is 0 Å². The van der Waals surface area contributed by atoms with Crippen molar-refractivity contribution in [2.75, 3.05) is 5.32 Å². The van der Waals surface area contributed by atoms with E-state index in [4.69, 9.17) is 0 Å². The molecule has 0 amide bonds. The zero-order valence-electron chi connectivity index (χ0n) is 10.7. The molecular weight excluding hydrogens is 334 g/mol. The van der Waals surface area contributed by atoms with Crippen molar-refractivity contribution in [1.29, 1.82) is 0 Å².